The molecule has 16 heavy (non-hydrogen) atoms. The van der Waals surface area contributed by atoms with E-state index in [4.69, 9.17) is 4.74 Å². The molecule has 0 bridgehead atoms. The van der Waals surface area contributed by atoms with Gasteiger partial charge in [-0.05, 0) is 56.4 Å². The molecule has 0 aliphatic heterocycles. The van der Waals surface area contributed by atoms with Gasteiger partial charge in [0.25, 0.3) is 0 Å². The highest BCUT2D eigenvalue weighted by Crippen LogP contribution is 2.34. The summed E-state index contributed by atoms with van der Waals surface area (Å²) in [5.74, 6) is 2.02. The van der Waals surface area contributed by atoms with Crippen LogP contribution in [0.25, 0.3) is 0 Å². The molecule has 5 heteroatoms. The van der Waals surface area contributed by atoms with Gasteiger partial charge in [0.2, 0.25) is 0 Å². The number of rotatable bonds is 6. The lowest BCUT2D eigenvalue weighted by molar-refractivity contribution is 0.412. The molecule has 0 heterocycles. The fraction of sp³-hybridized carbons (Fsp3) is 0.455. The van der Waals surface area contributed by atoms with Gasteiger partial charge < -0.3 is 10.1 Å². The van der Waals surface area contributed by atoms with Gasteiger partial charge in [0.15, 0.2) is 0 Å². The number of ether oxygens (including phenoxy) is 1. The van der Waals surface area contributed by atoms with Crippen LogP contribution in [-0.2, 0) is 0 Å². The second kappa shape index (κ2) is 7.45. The predicted octanol–water partition coefficient (Wildman–Crippen LogP) is 4.39. The largest absolute Gasteiger partial charge is 0.495 e. The molecule has 90 valence electrons. The molecular weight excluding hydrogens is 354 g/mol. The minimum absolute atomic E-state index is 0.843. The van der Waals surface area contributed by atoms with Crippen LogP contribution in [-0.4, -0.2) is 25.7 Å². The molecule has 0 aromatic heterocycles. The van der Waals surface area contributed by atoms with Crippen LogP contribution < -0.4 is 10.1 Å². The van der Waals surface area contributed by atoms with Crippen molar-refractivity contribution in [2.24, 2.45) is 0 Å². The van der Waals surface area contributed by atoms with Gasteiger partial charge in [-0.15, -0.1) is 0 Å². The quantitative estimate of drug-likeness (QED) is 0.752. The van der Waals surface area contributed by atoms with Gasteiger partial charge in [-0.3, -0.25) is 0 Å². The molecule has 2 nitrogen and oxygen atoms in total. The molecule has 0 aliphatic rings. The Hall–Kier alpha value is 0.130. The van der Waals surface area contributed by atoms with E-state index in [9.17, 15) is 0 Å². The van der Waals surface area contributed by atoms with Crippen LogP contribution in [0, 0.1) is 0 Å². The molecular formula is C11H15Br2NOS. The lowest BCUT2D eigenvalue weighted by Crippen LogP contribution is -2.03. The first-order valence-electron chi connectivity index (χ1n) is 4.95. The van der Waals surface area contributed by atoms with Crippen LogP contribution in [0.1, 0.15) is 6.42 Å². The molecule has 0 fully saturated rings. The average Bonchev–Trinajstić information content (AvgIpc) is 2.27. The molecule has 1 N–H and O–H groups in total. The predicted molar refractivity (Wildman–Crippen MR) is 79.9 cm³/mol. The molecule has 1 aromatic rings. The molecule has 0 amide bonds. The highest BCUT2D eigenvalue weighted by molar-refractivity contribution is 9.11. The first kappa shape index (κ1) is 14.2. The molecule has 1 rings (SSSR count). The zero-order valence-electron chi connectivity index (χ0n) is 9.35. The van der Waals surface area contributed by atoms with E-state index in [1.165, 1.54) is 5.75 Å². The summed E-state index contributed by atoms with van der Waals surface area (Å²) in [5.41, 5.74) is 1.07. The highest BCUT2D eigenvalue weighted by atomic mass is 79.9. The van der Waals surface area contributed by atoms with Crippen LogP contribution in [0.4, 0.5) is 5.69 Å². The van der Waals surface area contributed by atoms with Crippen molar-refractivity contribution in [3.05, 3.63) is 21.1 Å². The Morgan fingerprint density at radius 1 is 1.31 bits per heavy atom. The Balaban J connectivity index is 2.64. The number of thioether (sulfide) groups is 1. The van der Waals surface area contributed by atoms with E-state index in [1.807, 2.05) is 23.9 Å². The maximum atomic E-state index is 5.26. The lowest BCUT2D eigenvalue weighted by Gasteiger charge is -2.11. The first-order valence-corrected chi connectivity index (χ1v) is 7.93. The van der Waals surface area contributed by atoms with Crippen LogP contribution in [0.15, 0.2) is 21.1 Å². The third-order valence-corrected chi connectivity index (χ3v) is 4.05. The number of hydrogen-bond acceptors (Lipinski definition) is 3. The fourth-order valence-electron chi connectivity index (χ4n) is 1.26. The summed E-state index contributed by atoms with van der Waals surface area (Å²) in [7, 11) is 1.67. The Morgan fingerprint density at radius 3 is 2.69 bits per heavy atom. The van der Waals surface area contributed by atoms with Gasteiger partial charge in [0.05, 0.1) is 17.3 Å². The topological polar surface area (TPSA) is 21.3 Å². The second-order valence-corrected chi connectivity index (χ2v) is 5.93. The van der Waals surface area contributed by atoms with E-state index in [0.29, 0.717) is 0 Å². The van der Waals surface area contributed by atoms with Gasteiger partial charge in [0, 0.05) is 17.1 Å². The van der Waals surface area contributed by atoms with Crippen molar-refractivity contribution in [1.29, 1.82) is 0 Å². The Labute approximate surface area is 118 Å². The van der Waals surface area contributed by atoms with E-state index < -0.39 is 0 Å². The maximum Gasteiger partial charge on any atom is 0.135 e. The highest BCUT2D eigenvalue weighted by Gasteiger charge is 2.06. The Bertz CT molecular complexity index is 347. The minimum atomic E-state index is 0.843. The standard InChI is InChI=1S/C11H15Br2NOS/c1-15-11-7-10(8(12)6-9(11)13)14-4-3-5-16-2/h6-7,14H,3-5H2,1-2H3. The minimum Gasteiger partial charge on any atom is -0.495 e. The van der Waals surface area contributed by atoms with Crippen molar-refractivity contribution >= 4 is 49.3 Å². The summed E-state index contributed by atoms with van der Waals surface area (Å²) in [4.78, 5) is 0. The molecule has 0 unspecified atom stereocenters. The third kappa shape index (κ3) is 4.18. The number of methoxy groups -OCH3 is 1. The van der Waals surface area contributed by atoms with E-state index in [0.717, 1.165) is 33.3 Å². The SMILES string of the molecule is COc1cc(NCCCSC)c(Br)cc1Br. The van der Waals surface area contributed by atoms with E-state index in [1.54, 1.807) is 7.11 Å². The number of anilines is 1. The van der Waals surface area contributed by atoms with Gasteiger partial charge >= 0.3 is 0 Å². The summed E-state index contributed by atoms with van der Waals surface area (Å²) < 4.78 is 7.26. The molecule has 0 saturated carbocycles. The van der Waals surface area contributed by atoms with Gasteiger partial charge in [0.1, 0.15) is 5.75 Å². The Morgan fingerprint density at radius 2 is 2.06 bits per heavy atom. The van der Waals surface area contributed by atoms with Gasteiger partial charge in [-0.25, -0.2) is 0 Å². The van der Waals surface area contributed by atoms with Crippen molar-refractivity contribution in [2.45, 2.75) is 6.42 Å². The zero-order valence-corrected chi connectivity index (χ0v) is 13.3. The number of nitrogens with one attached hydrogen (secondary N) is 1. The Kier molecular flexibility index (Phi) is 6.61. The van der Waals surface area contributed by atoms with Gasteiger partial charge in [-0.2, -0.15) is 11.8 Å². The van der Waals surface area contributed by atoms with Crippen LogP contribution in [0.3, 0.4) is 0 Å². The van der Waals surface area contributed by atoms with Crippen molar-refractivity contribution < 1.29 is 4.74 Å². The summed E-state index contributed by atoms with van der Waals surface area (Å²) in [6, 6.07) is 3.99. The lowest BCUT2D eigenvalue weighted by atomic mass is 10.3. The molecule has 0 spiro atoms. The third-order valence-electron chi connectivity index (χ3n) is 2.08. The average molecular weight is 369 g/mol. The van der Waals surface area contributed by atoms with Crippen molar-refractivity contribution in [3.8, 4) is 5.75 Å². The summed E-state index contributed by atoms with van der Waals surface area (Å²) >= 11 is 8.84. The molecule has 0 aliphatic carbocycles. The molecule has 1 aromatic carbocycles. The van der Waals surface area contributed by atoms with E-state index in [-0.39, 0.29) is 0 Å². The number of hydrogen-bond donors (Lipinski definition) is 1. The molecule has 0 saturated heterocycles. The molecule has 0 radical (unpaired) electrons. The second-order valence-electron chi connectivity index (χ2n) is 3.24. The fourth-order valence-corrected chi connectivity index (χ4v) is 2.99. The van der Waals surface area contributed by atoms with E-state index >= 15 is 0 Å². The maximum absolute atomic E-state index is 5.26. The van der Waals surface area contributed by atoms with Crippen LogP contribution in [0.5, 0.6) is 5.75 Å². The smallest absolute Gasteiger partial charge is 0.135 e. The normalized spacial score (nSPS) is 10.2. The number of halogens is 2. The molecule has 0 atom stereocenters. The van der Waals surface area contributed by atoms with Crippen LogP contribution >= 0.6 is 43.6 Å². The summed E-state index contributed by atoms with van der Waals surface area (Å²) in [6.45, 7) is 0.976. The monoisotopic (exact) mass is 367 g/mol. The first-order chi connectivity index (χ1) is 7.69. The summed E-state index contributed by atoms with van der Waals surface area (Å²) in [6.07, 6.45) is 3.28. The van der Waals surface area contributed by atoms with Crippen molar-refractivity contribution in [2.75, 3.05) is 31.0 Å². The summed E-state index contributed by atoms with van der Waals surface area (Å²) in [5, 5.41) is 3.39. The van der Waals surface area contributed by atoms with Crippen molar-refractivity contribution in [3.63, 3.8) is 0 Å². The van der Waals surface area contributed by atoms with Crippen molar-refractivity contribution in [1.82, 2.24) is 0 Å². The van der Waals surface area contributed by atoms with Gasteiger partial charge in [-0.1, -0.05) is 0 Å². The number of benzene rings is 1. The zero-order chi connectivity index (χ0) is 12.0. The van der Waals surface area contributed by atoms with Crippen LogP contribution in [0.2, 0.25) is 0 Å². The van der Waals surface area contributed by atoms with E-state index in [2.05, 4.69) is 43.4 Å².